The van der Waals surface area contributed by atoms with Crippen LogP contribution in [0.1, 0.15) is 15.9 Å². The lowest BCUT2D eigenvalue weighted by Gasteiger charge is -2.35. The van der Waals surface area contributed by atoms with E-state index >= 15 is 0 Å². The lowest BCUT2D eigenvalue weighted by atomic mass is 10.1. The maximum absolute atomic E-state index is 12.0. The monoisotopic (exact) mass is 257 g/mol. The van der Waals surface area contributed by atoms with Crippen LogP contribution in [0.4, 0.5) is 0 Å². The highest BCUT2D eigenvalue weighted by molar-refractivity contribution is 5.94. The van der Waals surface area contributed by atoms with E-state index in [1.54, 1.807) is 11.1 Å². The Balaban J connectivity index is 1.67. The van der Waals surface area contributed by atoms with E-state index in [1.807, 2.05) is 41.2 Å². The Labute approximate surface area is 111 Å². The molecule has 5 heteroatoms. The minimum atomic E-state index is -0.358. The molecule has 1 N–H and O–H groups in total. The molecule has 19 heavy (non-hydrogen) atoms. The number of carbonyl (C=O) groups excluding carboxylic acids is 1. The number of nitrogens with zero attached hydrogens (tertiary/aromatic N) is 3. The van der Waals surface area contributed by atoms with Gasteiger partial charge in [-0.15, -0.1) is 0 Å². The molecule has 1 aromatic carbocycles. The predicted octanol–water partition coefficient (Wildman–Crippen LogP) is 0.748. The van der Waals surface area contributed by atoms with Gasteiger partial charge in [0.05, 0.1) is 12.6 Å². The number of likely N-dealkylation sites (tertiary alicyclic amines) is 1. The molecule has 0 spiro atoms. The second kappa shape index (κ2) is 4.85. The average Bonchev–Trinajstić information content (AvgIpc) is 2.88. The summed E-state index contributed by atoms with van der Waals surface area (Å²) in [7, 11) is 0. The summed E-state index contributed by atoms with van der Waals surface area (Å²) in [4.78, 5) is 13.6. The van der Waals surface area contributed by atoms with Gasteiger partial charge < -0.3 is 10.0 Å². The zero-order valence-corrected chi connectivity index (χ0v) is 10.4. The summed E-state index contributed by atoms with van der Waals surface area (Å²) in [5.41, 5.74) is 1.76. The van der Waals surface area contributed by atoms with Crippen LogP contribution in [0.25, 0.3) is 0 Å². The molecule has 1 amide bonds. The first-order valence-corrected chi connectivity index (χ1v) is 6.26. The Morgan fingerprint density at radius 1 is 1.32 bits per heavy atom. The normalized spacial score (nSPS) is 15.3. The number of aliphatic hydroxyl groups excluding tert-OH is 1. The van der Waals surface area contributed by atoms with E-state index in [-0.39, 0.29) is 12.0 Å². The van der Waals surface area contributed by atoms with Gasteiger partial charge in [0, 0.05) is 31.0 Å². The Bertz CT molecular complexity index is 557. The lowest BCUT2D eigenvalue weighted by molar-refractivity contribution is 0.00589. The molecule has 1 aliphatic heterocycles. The van der Waals surface area contributed by atoms with Crippen molar-refractivity contribution >= 4 is 5.91 Å². The number of benzene rings is 1. The van der Waals surface area contributed by atoms with Crippen LogP contribution in [-0.2, 0) is 6.54 Å². The zero-order chi connectivity index (χ0) is 13.2. The molecule has 0 aliphatic carbocycles. The van der Waals surface area contributed by atoms with Gasteiger partial charge >= 0.3 is 0 Å². The molecule has 98 valence electrons. The molecule has 5 nitrogen and oxygen atoms in total. The van der Waals surface area contributed by atoms with E-state index in [1.165, 1.54) is 0 Å². The molecule has 0 unspecified atom stereocenters. The van der Waals surface area contributed by atoms with Gasteiger partial charge in [0.2, 0.25) is 0 Å². The molecule has 0 radical (unpaired) electrons. The number of aromatic nitrogens is 2. The van der Waals surface area contributed by atoms with Crippen LogP contribution in [0.2, 0.25) is 0 Å². The molecule has 1 aromatic heterocycles. The predicted molar refractivity (Wildman–Crippen MR) is 69.7 cm³/mol. The number of amides is 1. The minimum Gasteiger partial charge on any atom is -0.389 e. The van der Waals surface area contributed by atoms with Crippen LogP contribution >= 0.6 is 0 Å². The van der Waals surface area contributed by atoms with Crippen molar-refractivity contribution in [2.45, 2.75) is 12.6 Å². The molecular formula is C14H15N3O2. The van der Waals surface area contributed by atoms with Gasteiger partial charge in [-0.2, -0.15) is 5.10 Å². The molecular weight excluding hydrogens is 242 g/mol. The standard InChI is InChI=1S/C14H15N3O2/c18-13-9-16(10-13)14(19)12-4-2-11(3-5-12)8-17-7-1-6-15-17/h1-7,13,18H,8-10H2. The van der Waals surface area contributed by atoms with Crippen LogP contribution in [0.5, 0.6) is 0 Å². The quantitative estimate of drug-likeness (QED) is 0.882. The number of hydrogen-bond donors (Lipinski definition) is 1. The van der Waals surface area contributed by atoms with Crippen molar-refractivity contribution in [2.24, 2.45) is 0 Å². The Morgan fingerprint density at radius 3 is 2.63 bits per heavy atom. The topological polar surface area (TPSA) is 58.4 Å². The van der Waals surface area contributed by atoms with E-state index in [0.717, 1.165) is 5.56 Å². The van der Waals surface area contributed by atoms with Crippen LogP contribution in [0.15, 0.2) is 42.7 Å². The third-order valence-electron chi connectivity index (χ3n) is 3.25. The van der Waals surface area contributed by atoms with Gasteiger partial charge in [-0.3, -0.25) is 9.48 Å². The highest BCUT2D eigenvalue weighted by Crippen LogP contribution is 2.14. The van der Waals surface area contributed by atoms with Crippen molar-refractivity contribution < 1.29 is 9.90 Å². The van der Waals surface area contributed by atoms with Crippen LogP contribution in [-0.4, -0.2) is 44.9 Å². The first-order chi connectivity index (χ1) is 9.22. The first kappa shape index (κ1) is 11.9. The first-order valence-electron chi connectivity index (χ1n) is 6.26. The summed E-state index contributed by atoms with van der Waals surface area (Å²) in [6.45, 7) is 1.58. The van der Waals surface area contributed by atoms with Crippen LogP contribution in [0.3, 0.4) is 0 Å². The minimum absolute atomic E-state index is 0.0176. The van der Waals surface area contributed by atoms with Gasteiger partial charge in [0.15, 0.2) is 0 Å². The molecule has 3 rings (SSSR count). The number of hydrogen-bond acceptors (Lipinski definition) is 3. The molecule has 2 aromatic rings. The van der Waals surface area contributed by atoms with Crippen LogP contribution in [0, 0.1) is 0 Å². The van der Waals surface area contributed by atoms with Crippen LogP contribution < -0.4 is 0 Å². The van der Waals surface area contributed by atoms with Gasteiger partial charge in [-0.05, 0) is 23.8 Å². The van der Waals surface area contributed by atoms with E-state index in [0.29, 0.717) is 25.2 Å². The van der Waals surface area contributed by atoms with Crippen molar-refractivity contribution in [2.75, 3.05) is 13.1 Å². The summed E-state index contributed by atoms with van der Waals surface area (Å²) in [6, 6.07) is 9.40. The zero-order valence-electron chi connectivity index (χ0n) is 10.4. The van der Waals surface area contributed by atoms with Crippen molar-refractivity contribution in [1.82, 2.24) is 14.7 Å². The highest BCUT2D eigenvalue weighted by Gasteiger charge is 2.29. The molecule has 0 atom stereocenters. The Kier molecular flexibility index (Phi) is 3.05. The van der Waals surface area contributed by atoms with Crippen molar-refractivity contribution in [3.05, 3.63) is 53.9 Å². The third kappa shape index (κ3) is 2.51. The summed E-state index contributed by atoms with van der Waals surface area (Å²) < 4.78 is 1.84. The van der Waals surface area contributed by atoms with Gasteiger partial charge in [-0.25, -0.2) is 0 Å². The SMILES string of the molecule is O=C(c1ccc(Cn2cccn2)cc1)N1CC(O)C1. The summed E-state index contributed by atoms with van der Waals surface area (Å²) in [5.74, 6) is -0.0176. The molecule has 1 aliphatic rings. The van der Waals surface area contributed by atoms with E-state index in [2.05, 4.69) is 5.10 Å². The number of carbonyl (C=O) groups is 1. The summed E-state index contributed by atoms with van der Waals surface area (Å²) in [6.07, 6.45) is 3.29. The maximum atomic E-state index is 12.0. The third-order valence-corrected chi connectivity index (χ3v) is 3.25. The fourth-order valence-corrected chi connectivity index (χ4v) is 2.14. The van der Waals surface area contributed by atoms with Crippen molar-refractivity contribution in [3.8, 4) is 0 Å². The molecule has 0 saturated carbocycles. The molecule has 1 fully saturated rings. The van der Waals surface area contributed by atoms with Gasteiger partial charge in [0.1, 0.15) is 0 Å². The molecule has 1 saturated heterocycles. The largest absolute Gasteiger partial charge is 0.389 e. The Hall–Kier alpha value is -2.14. The molecule has 0 bridgehead atoms. The fourth-order valence-electron chi connectivity index (χ4n) is 2.14. The second-order valence-electron chi connectivity index (χ2n) is 4.76. The Morgan fingerprint density at radius 2 is 2.05 bits per heavy atom. The van der Waals surface area contributed by atoms with Crippen molar-refractivity contribution in [3.63, 3.8) is 0 Å². The van der Waals surface area contributed by atoms with Gasteiger partial charge in [0.25, 0.3) is 5.91 Å². The van der Waals surface area contributed by atoms with E-state index in [4.69, 9.17) is 0 Å². The van der Waals surface area contributed by atoms with E-state index < -0.39 is 0 Å². The summed E-state index contributed by atoms with van der Waals surface area (Å²) >= 11 is 0. The highest BCUT2D eigenvalue weighted by atomic mass is 16.3. The summed E-state index contributed by atoms with van der Waals surface area (Å²) in [5, 5.41) is 13.3. The second-order valence-corrected chi connectivity index (χ2v) is 4.76. The number of aliphatic hydroxyl groups is 1. The van der Waals surface area contributed by atoms with E-state index in [9.17, 15) is 9.90 Å². The average molecular weight is 257 g/mol. The number of β-amino-alcohol motifs (C(OH)–C–C–N with tert-alkyl or cyclic N) is 1. The number of rotatable bonds is 3. The fraction of sp³-hybridized carbons (Fsp3) is 0.286. The molecule has 2 heterocycles. The van der Waals surface area contributed by atoms with Crippen molar-refractivity contribution in [1.29, 1.82) is 0 Å². The lowest BCUT2D eigenvalue weighted by Crippen LogP contribution is -2.53. The maximum Gasteiger partial charge on any atom is 0.254 e. The smallest absolute Gasteiger partial charge is 0.254 e. The van der Waals surface area contributed by atoms with Gasteiger partial charge in [-0.1, -0.05) is 12.1 Å².